The highest BCUT2D eigenvalue weighted by atomic mass is 35.5. The summed E-state index contributed by atoms with van der Waals surface area (Å²) >= 11 is 5.79. The molecule has 3 nitrogen and oxygen atoms in total. The van der Waals surface area contributed by atoms with E-state index in [1.807, 2.05) is 0 Å². The summed E-state index contributed by atoms with van der Waals surface area (Å²) in [7, 11) is 0. The number of amides is 1. The second-order valence-corrected chi connectivity index (χ2v) is 6.30. The molecule has 0 bridgehead atoms. The summed E-state index contributed by atoms with van der Waals surface area (Å²) in [5.41, 5.74) is 0.609. The van der Waals surface area contributed by atoms with E-state index in [-0.39, 0.29) is 30.6 Å². The van der Waals surface area contributed by atoms with E-state index in [1.54, 1.807) is 24.3 Å². The minimum Gasteiger partial charge on any atom is -0.353 e. The maximum absolute atomic E-state index is 12.0. The second-order valence-electron chi connectivity index (χ2n) is 5.87. The van der Waals surface area contributed by atoms with Crippen LogP contribution in [0.25, 0.3) is 0 Å². The highest BCUT2D eigenvalue weighted by Crippen LogP contribution is 2.23. The molecule has 0 radical (unpaired) electrons. The van der Waals surface area contributed by atoms with Gasteiger partial charge in [-0.3, -0.25) is 9.59 Å². The molecule has 0 aromatic heterocycles. The number of nitrogens with one attached hydrogen (secondary N) is 1. The van der Waals surface area contributed by atoms with E-state index in [4.69, 9.17) is 11.6 Å². The maximum Gasteiger partial charge on any atom is 0.220 e. The fourth-order valence-corrected chi connectivity index (χ4v) is 2.94. The molecule has 4 heteroatoms. The van der Waals surface area contributed by atoms with E-state index in [1.165, 1.54) is 19.3 Å². The van der Waals surface area contributed by atoms with Crippen molar-refractivity contribution in [3.05, 3.63) is 34.9 Å². The van der Waals surface area contributed by atoms with Crippen LogP contribution in [0.4, 0.5) is 0 Å². The highest BCUT2D eigenvalue weighted by molar-refractivity contribution is 6.30. The zero-order valence-corrected chi connectivity index (χ0v) is 13.2. The van der Waals surface area contributed by atoms with Gasteiger partial charge in [-0.2, -0.15) is 0 Å². The number of hydrogen-bond donors (Lipinski definition) is 1. The van der Waals surface area contributed by atoms with Crippen LogP contribution in [0.1, 0.15) is 55.8 Å². The Bertz CT molecular complexity index is 498. The molecule has 1 amide bonds. The minimum atomic E-state index is -0.0175. The standard InChI is InChI=1S/C17H22ClNO2/c1-12-4-2-3-5-15(12)19-17(21)11-10-16(20)13-6-8-14(18)9-7-13/h6-9,12,15H,2-5,10-11H2,1H3,(H,19,21). The quantitative estimate of drug-likeness (QED) is 0.836. The third-order valence-electron chi connectivity index (χ3n) is 4.20. The number of benzene rings is 1. The zero-order valence-electron chi connectivity index (χ0n) is 12.4. The van der Waals surface area contributed by atoms with Gasteiger partial charge in [0, 0.05) is 29.5 Å². The number of halogens is 1. The van der Waals surface area contributed by atoms with Crippen LogP contribution < -0.4 is 5.32 Å². The molecule has 0 saturated heterocycles. The van der Waals surface area contributed by atoms with E-state index in [0.717, 1.165) is 6.42 Å². The summed E-state index contributed by atoms with van der Waals surface area (Å²) in [4.78, 5) is 24.0. The molecule has 21 heavy (non-hydrogen) atoms. The van der Waals surface area contributed by atoms with Crippen molar-refractivity contribution in [1.82, 2.24) is 5.32 Å². The first-order chi connectivity index (χ1) is 10.1. The second kappa shape index (κ2) is 7.60. The topological polar surface area (TPSA) is 46.2 Å². The number of hydrogen-bond acceptors (Lipinski definition) is 2. The van der Waals surface area contributed by atoms with Crippen molar-refractivity contribution in [2.24, 2.45) is 5.92 Å². The Morgan fingerprint density at radius 1 is 1.14 bits per heavy atom. The summed E-state index contributed by atoms with van der Waals surface area (Å²) in [5, 5.41) is 3.68. The molecule has 2 rings (SSSR count). The molecule has 0 heterocycles. The lowest BCUT2D eigenvalue weighted by Gasteiger charge is -2.29. The van der Waals surface area contributed by atoms with Crippen molar-refractivity contribution in [3.63, 3.8) is 0 Å². The number of carbonyl (C=O) groups is 2. The molecule has 1 saturated carbocycles. The molecule has 2 unspecified atom stereocenters. The summed E-state index contributed by atoms with van der Waals surface area (Å²) < 4.78 is 0. The Morgan fingerprint density at radius 2 is 1.81 bits per heavy atom. The summed E-state index contributed by atoms with van der Waals surface area (Å²) in [6.07, 6.45) is 5.16. The maximum atomic E-state index is 12.0. The molecular formula is C17H22ClNO2. The molecule has 1 aromatic carbocycles. The van der Waals surface area contributed by atoms with Crippen molar-refractivity contribution in [3.8, 4) is 0 Å². The van der Waals surface area contributed by atoms with E-state index in [9.17, 15) is 9.59 Å². The van der Waals surface area contributed by atoms with Crippen LogP contribution in [0.15, 0.2) is 24.3 Å². The van der Waals surface area contributed by atoms with Crippen molar-refractivity contribution in [1.29, 1.82) is 0 Å². The van der Waals surface area contributed by atoms with Gasteiger partial charge in [0.15, 0.2) is 5.78 Å². The third kappa shape index (κ3) is 4.85. The van der Waals surface area contributed by atoms with Crippen LogP contribution in [0, 0.1) is 5.92 Å². The normalized spacial score (nSPS) is 21.8. The van der Waals surface area contributed by atoms with Crippen LogP contribution in [0.5, 0.6) is 0 Å². The van der Waals surface area contributed by atoms with E-state index in [0.29, 0.717) is 16.5 Å². The van der Waals surface area contributed by atoms with Crippen molar-refractivity contribution >= 4 is 23.3 Å². The van der Waals surface area contributed by atoms with Crippen LogP contribution in [0.2, 0.25) is 5.02 Å². The molecule has 0 spiro atoms. The Balaban J connectivity index is 1.78. The molecule has 0 aliphatic heterocycles. The average molecular weight is 308 g/mol. The number of Topliss-reactive ketones (excluding diaryl/α,β-unsaturated/α-hetero) is 1. The Hall–Kier alpha value is -1.35. The Kier molecular flexibility index (Phi) is 5.80. The van der Waals surface area contributed by atoms with Gasteiger partial charge in [0.1, 0.15) is 0 Å². The van der Waals surface area contributed by atoms with Gasteiger partial charge < -0.3 is 5.32 Å². The summed E-state index contributed by atoms with van der Waals surface area (Å²) in [6, 6.07) is 7.06. The predicted octanol–water partition coefficient (Wildman–Crippen LogP) is 4.00. The van der Waals surface area contributed by atoms with Crippen LogP contribution in [0.3, 0.4) is 0 Å². The van der Waals surface area contributed by atoms with Gasteiger partial charge >= 0.3 is 0 Å². The van der Waals surface area contributed by atoms with Gasteiger partial charge in [0.2, 0.25) is 5.91 Å². The van der Waals surface area contributed by atoms with Gasteiger partial charge in [0.05, 0.1) is 0 Å². The SMILES string of the molecule is CC1CCCCC1NC(=O)CCC(=O)c1ccc(Cl)cc1. The van der Waals surface area contributed by atoms with E-state index >= 15 is 0 Å². The average Bonchev–Trinajstić information content (AvgIpc) is 2.48. The van der Waals surface area contributed by atoms with E-state index < -0.39 is 0 Å². The van der Waals surface area contributed by atoms with Gasteiger partial charge in [-0.25, -0.2) is 0 Å². The smallest absolute Gasteiger partial charge is 0.220 e. The van der Waals surface area contributed by atoms with Crippen LogP contribution in [-0.2, 0) is 4.79 Å². The number of ketones is 1. The predicted molar refractivity (Wildman–Crippen MR) is 84.6 cm³/mol. The number of rotatable bonds is 5. The van der Waals surface area contributed by atoms with Gasteiger partial charge in [-0.1, -0.05) is 31.4 Å². The first-order valence-electron chi connectivity index (χ1n) is 7.64. The van der Waals surface area contributed by atoms with Gasteiger partial charge in [0.25, 0.3) is 0 Å². The molecule has 1 aliphatic carbocycles. The van der Waals surface area contributed by atoms with Crippen molar-refractivity contribution < 1.29 is 9.59 Å². The van der Waals surface area contributed by atoms with Crippen molar-refractivity contribution in [2.45, 2.75) is 51.5 Å². The monoisotopic (exact) mass is 307 g/mol. The highest BCUT2D eigenvalue weighted by Gasteiger charge is 2.22. The molecule has 2 atom stereocenters. The lowest BCUT2D eigenvalue weighted by atomic mass is 9.86. The largest absolute Gasteiger partial charge is 0.353 e. The third-order valence-corrected chi connectivity index (χ3v) is 4.46. The van der Waals surface area contributed by atoms with E-state index in [2.05, 4.69) is 12.2 Å². The fourth-order valence-electron chi connectivity index (χ4n) is 2.82. The van der Waals surface area contributed by atoms with Crippen molar-refractivity contribution in [2.75, 3.05) is 0 Å². The Labute approximate surface area is 131 Å². The molecule has 1 fully saturated rings. The molecule has 114 valence electrons. The lowest BCUT2D eigenvalue weighted by molar-refractivity contribution is -0.122. The molecule has 1 N–H and O–H groups in total. The molecule has 1 aliphatic rings. The first-order valence-corrected chi connectivity index (χ1v) is 8.02. The van der Waals surface area contributed by atoms with Gasteiger partial charge in [-0.15, -0.1) is 0 Å². The van der Waals surface area contributed by atoms with Gasteiger partial charge in [-0.05, 0) is 43.0 Å². The zero-order chi connectivity index (χ0) is 15.2. The Morgan fingerprint density at radius 3 is 2.48 bits per heavy atom. The first kappa shape index (κ1) is 16.0. The fraction of sp³-hybridized carbons (Fsp3) is 0.529. The van der Waals surface area contributed by atoms with Crippen LogP contribution >= 0.6 is 11.6 Å². The summed E-state index contributed by atoms with van der Waals surface area (Å²) in [6.45, 7) is 2.18. The molecule has 1 aromatic rings. The van der Waals surface area contributed by atoms with Crippen LogP contribution in [-0.4, -0.2) is 17.7 Å². The lowest BCUT2D eigenvalue weighted by Crippen LogP contribution is -2.41. The summed E-state index contributed by atoms with van der Waals surface area (Å²) in [5.74, 6) is 0.504. The molecular weight excluding hydrogens is 286 g/mol. The number of carbonyl (C=O) groups excluding carboxylic acids is 2. The minimum absolute atomic E-state index is 0.0153.